The third-order valence-corrected chi connectivity index (χ3v) is 4.06. The van der Waals surface area contributed by atoms with Gasteiger partial charge in [0.05, 0.1) is 12.4 Å². The van der Waals surface area contributed by atoms with Crippen molar-refractivity contribution in [1.29, 1.82) is 0 Å². The maximum atomic E-state index is 11.3. The number of carboxylic acid groups (broad SMARTS) is 1. The smallest absolute Gasteiger partial charge is 0.303 e. The molecule has 0 unspecified atom stereocenters. The maximum Gasteiger partial charge on any atom is 0.303 e. The van der Waals surface area contributed by atoms with Crippen LogP contribution in [0.5, 0.6) is 0 Å². The van der Waals surface area contributed by atoms with Crippen LogP contribution in [0.25, 0.3) is 0 Å². The Morgan fingerprint density at radius 2 is 2.18 bits per heavy atom. The standard InChI is InChI=1S/C15H22O6S/c1-22(19,20)21-14-9-6-7-12(11-16)13(14)8-4-2-3-5-10-15(17)18/h2,4,7,11,13-14H,3,5-6,8-10H2,1H3,(H,17,18)/b4-2-/t13-,14+/m0/s1. The summed E-state index contributed by atoms with van der Waals surface area (Å²) >= 11 is 0. The molecule has 0 saturated carbocycles. The molecule has 124 valence electrons. The molecule has 0 spiro atoms. The lowest BCUT2D eigenvalue weighted by Crippen LogP contribution is -2.30. The van der Waals surface area contributed by atoms with Crippen LogP contribution in [0.2, 0.25) is 0 Å². The highest BCUT2D eigenvalue weighted by Crippen LogP contribution is 2.30. The van der Waals surface area contributed by atoms with Gasteiger partial charge in [-0.1, -0.05) is 18.2 Å². The Balaban J connectivity index is 2.61. The first kappa shape index (κ1) is 18.6. The molecule has 1 rings (SSSR count). The summed E-state index contributed by atoms with van der Waals surface area (Å²) in [4.78, 5) is 21.5. The van der Waals surface area contributed by atoms with Crippen molar-refractivity contribution in [3.05, 3.63) is 23.8 Å². The monoisotopic (exact) mass is 330 g/mol. The highest BCUT2D eigenvalue weighted by atomic mass is 32.2. The van der Waals surface area contributed by atoms with Gasteiger partial charge in [0.15, 0.2) is 0 Å². The predicted octanol–water partition coefficient (Wildman–Crippen LogP) is 2.07. The van der Waals surface area contributed by atoms with Gasteiger partial charge in [0.2, 0.25) is 0 Å². The third kappa shape index (κ3) is 7.00. The maximum absolute atomic E-state index is 11.3. The summed E-state index contributed by atoms with van der Waals surface area (Å²) in [5.41, 5.74) is 0.565. The molecule has 1 aliphatic carbocycles. The van der Waals surface area contributed by atoms with E-state index >= 15 is 0 Å². The summed E-state index contributed by atoms with van der Waals surface area (Å²) in [5, 5.41) is 8.54. The number of hydrogen-bond acceptors (Lipinski definition) is 5. The van der Waals surface area contributed by atoms with Crippen LogP contribution in [0, 0.1) is 5.92 Å². The Morgan fingerprint density at radius 1 is 1.45 bits per heavy atom. The fourth-order valence-corrected chi connectivity index (χ4v) is 3.16. The van der Waals surface area contributed by atoms with Crippen molar-refractivity contribution in [1.82, 2.24) is 0 Å². The molecule has 6 nitrogen and oxygen atoms in total. The van der Waals surface area contributed by atoms with Gasteiger partial charge in [-0.3, -0.25) is 13.8 Å². The zero-order valence-corrected chi connectivity index (χ0v) is 13.4. The second-order valence-corrected chi connectivity index (χ2v) is 6.94. The third-order valence-electron chi connectivity index (χ3n) is 3.46. The quantitative estimate of drug-likeness (QED) is 0.301. The van der Waals surface area contributed by atoms with E-state index in [9.17, 15) is 18.0 Å². The van der Waals surface area contributed by atoms with Gasteiger partial charge in [-0.15, -0.1) is 0 Å². The molecule has 0 amide bonds. The Morgan fingerprint density at radius 3 is 2.77 bits per heavy atom. The van der Waals surface area contributed by atoms with Crippen LogP contribution in [0.3, 0.4) is 0 Å². The number of unbranched alkanes of at least 4 members (excludes halogenated alkanes) is 1. The molecule has 0 aromatic carbocycles. The summed E-state index contributed by atoms with van der Waals surface area (Å²) in [6, 6.07) is 0. The first-order valence-electron chi connectivity index (χ1n) is 7.23. The fraction of sp³-hybridized carbons (Fsp3) is 0.600. The van der Waals surface area contributed by atoms with Gasteiger partial charge in [0.25, 0.3) is 10.1 Å². The molecule has 0 bridgehead atoms. The topological polar surface area (TPSA) is 97.7 Å². The lowest BCUT2D eigenvalue weighted by Gasteiger charge is -2.28. The number of carbonyl (C=O) groups excluding carboxylic acids is 1. The average molecular weight is 330 g/mol. The summed E-state index contributed by atoms with van der Waals surface area (Å²) in [7, 11) is -3.57. The van der Waals surface area contributed by atoms with Crippen molar-refractivity contribution in [2.45, 2.75) is 44.6 Å². The first-order valence-corrected chi connectivity index (χ1v) is 9.05. The van der Waals surface area contributed by atoms with Gasteiger partial charge >= 0.3 is 5.97 Å². The van der Waals surface area contributed by atoms with Gasteiger partial charge in [-0.25, -0.2) is 0 Å². The second kappa shape index (κ2) is 8.85. The largest absolute Gasteiger partial charge is 0.481 e. The molecule has 7 heteroatoms. The Kier molecular flexibility index (Phi) is 7.47. The second-order valence-electron chi connectivity index (χ2n) is 5.34. The average Bonchev–Trinajstić information content (AvgIpc) is 2.41. The highest BCUT2D eigenvalue weighted by molar-refractivity contribution is 7.86. The summed E-state index contributed by atoms with van der Waals surface area (Å²) < 4.78 is 27.7. The summed E-state index contributed by atoms with van der Waals surface area (Å²) in [6.07, 6.45) is 9.74. The van der Waals surface area contributed by atoms with E-state index in [4.69, 9.17) is 9.29 Å². The van der Waals surface area contributed by atoms with Crippen molar-refractivity contribution in [3.8, 4) is 0 Å². The zero-order valence-electron chi connectivity index (χ0n) is 12.6. The molecule has 0 aromatic rings. The lowest BCUT2D eigenvalue weighted by atomic mass is 9.83. The van der Waals surface area contributed by atoms with Gasteiger partial charge < -0.3 is 5.11 Å². The van der Waals surface area contributed by atoms with Gasteiger partial charge in [-0.05, 0) is 37.7 Å². The number of hydrogen-bond donors (Lipinski definition) is 1. The molecular formula is C15H22O6S. The van der Waals surface area contributed by atoms with Crippen LogP contribution in [0.1, 0.15) is 38.5 Å². The van der Waals surface area contributed by atoms with Gasteiger partial charge in [-0.2, -0.15) is 8.42 Å². The number of aliphatic carboxylic acids is 1. The molecule has 2 atom stereocenters. The fourth-order valence-electron chi connectivity index (χ4n) is 2.48. The van der Waals surface area contributed by atoms with E-state index in [1.165, 1.54) is 0 Å². The molecule has 0 aliphatic heterocycles. The molecule has 0 saturated heterocycles. The molecule has 0 aromatic heterocycles. The van der Waals surface area contributed by atoms with Crippen molar-refractivity contribution in [2.24, 2.45) is 5.92 Å². The number of rotatable bonds is 9. The first-order chi connectivity index (χ1) is 10.3. The normalized spacial score (nSPS) is 22.5. The molecular weight excluding hydrogens is 308 g/mol. The summed E-state index contributed by atoms with van der Waals surface area (Å²) in [5.74, 6) is -1.11. The Bertz CT molecular complexity index is 546. The number of aldehydes is 1. The Hall–Kier alpha value is -1.47. The summed E-state index contributed by atoms with van der Waals surface area (Å²) in [6.45, 7) is 0. The van der Waals surface area contributed by atoms with Crippen LogP contribution in [0.15, 0.2) is 23.8 Å². The van der Waals surface area contributed by atoms with Crippen molar-refractivity contribution in [3.63, 3.8) is 0 Å². The molecule has 0 fully saturated rings. The van der Waals surface area contributed by atoms with Crippen LogP contribution < -0.4 is 0 Å². The minimum Gasteiger partial charge on any atom is -0.481 e. The molecule has 22 heavy (non-hydrogen) atoms. The Labute approximate surface area is 131 Å². The van der Waals surface area contributed by atoms with E-state index in [1.807, 2.05) is 18.2 Å². The van der Waals surface area contributed by atoms with E-state index in [0.717, 1.165) is 12.5 Å². The highest BCUT2D eigenvalue weighted by Gasteiger charge is 2.30. The number of carbonyl (C=O) groups is 2. The van der Waals surface area contributed by atoms with Crippen LogP contribution in [0.4, 0.5) is 0 Å². The van der Waals surface area contributed by atoms with Crippen molar-refractivity contribution in [2.75, 3.05) is 6.26 Å². The van der Waals surface area contributed by atoms with Crippen LogP contribution in [-0.4, -0.2) is 38.1 Å². The van der Waals surface area contributed by atoms with Crippen LogP contribution in [-0.2, 0) is 23.9 Å². The number of carboxylic acids is 1. The van der Waals surface area contributed by atoms with Gasteiger partial charge in [0.1, 0.15) is 6.29 Å². The van der Waals surface area contributed by atoms with Crippen molar-refractivity contribution < 1.29 is 27.3 Å². The lowest BCUT2D eigenvalue weighted by molar-refractivity contribution is -0.137. The molecule has 0 heterocycles. The minimum absolute atomic E-state index is 0.118. The number of allylic oxidation sites excluding steroid dienone is 3. The predicted molar refractivity (Wildman–Crippen MR) is 81.8 cm³/mol. The zero-order chi connectivity index (χ0) is 16.6. The van der Waals surface area contributed by atoms with Gasteiger partial charge in [0, 0.05) is 12.3 Å². The minimum atomic E-state index is -3.57. The van der Waals surface area contributed by atoms with E-state index in [2.05, 4.69) is 0 Å². The van der Waals surface area contributed by atoms with E-state index in [1.54, 1.807) is 0 Å². The van der Waals surface area contributed by atoms with Crippen LogP contribution >= 0.6 is 0 Å². The van der Waals surface area contributed by atoms with Crippen molar-refractivity contribution >= 4 is 22.4 Å². The molecule has 1 aliphatic rings. The SMILES string of the molecule is CS(=O)(=O)O[C@@H]1CCC=C(C=O)[C@@H]1C/C=C\CCCC(=O)O. The van der Waals surface area contributed by atoms with E-state index < -0.39 is 22.2 Å². The van der Waals surface area contributed by atoms with E-state index in [-0.39, 0.29) is 12.3 Å². The molecule has 0 radical (unpaired) electrons. The van der Waals surface area contributed by atoms with E-state index in [0.29, 0.717) is 37.7 Å². The molecule has 1 N–H and O–H groups in total.